The summed E-state index contributed by atoms with van der Waals surface area (Å²) in [4.78, 5) is 31.6. The van der Waals surface area contributed by atoms with Crippen LogP contribution in [0.25, 0.3) is 0 Å². The molecule has 2 saturated heterocycles. The Balaban J connectivity index is 1.71. The van der Waals surface area contributed by atoms with Gasteiger partial charge in [0, 0.05) is 6.54 Å². The maximum Gasteiger partial charge on any atom is 0.327 e. The molecule has 2 aliphatic rings. The van der Waals surface area contributed by atoms with Crippen molar-refractivity contribution in [3.63, 3.8) is 0 Å². The van der Waals surface area contributed by atoms with Gasteiger partial charge in [-0.25, -0.2) is 9.79 Å². The van der Waals surface area contributed by atoms with E-state index in [2.05, 4.69) is 4.99 Å². The number of urea groups is 1. The molecule has 0 aromatic heterocycles. The monoisotopic (exact) mass is 320 g/mol. The molecule has 3 amide bonds. The van der Waals surface area contributed by atoms with Gasteiger partial charge in [-0.2, -0.15) is 0 Å². The van der Waals surface area contributed by atoms with Crippen molar-refractivity contribution in [1.29, 1.82) is 0 Å². The molecule has 0 saturated carbocycles. The fourth-order valence-electron chi connectivity index (χ4n) is 2.88. The normalized spacial score (nSPS) is 21.7. The zero-order valence-corrected chi connectivity index (χ0v) is 12.8. The Morgan fingerprint density at radius 1 is 1.32 bits per heavy atom. The van der Waals surface area contributed by atoms with Crippen LogP contribution in [0.15, 0.2) is 29.3 Å². The maximum absolute atomic E-state index is 12.3. The second-order valence-electron chi connectivity index (χ2n) is 5.46. The number of alkyl halides is 1. The SMILES string of the molecule is NC(CCl)=Nc1ccc(CN2C(=O)C3CCCN3C2=O)cc1. The molecular weight excluding hydrogens is 304 g/mol. The third kappa shape index (κ3) is 2.66. The number of nitrogens with two attached hydrogens (primary N) is 1. The summed E-state index contributed by atoms with van der Waals surface area (Å²) in [6, 6.07) is 6.83. The summed E-state index contributed by atoms with van der Waals surface area (Å²) in [5.74, 6) is 0.436. The number of imide groups is 1. The number of aliphatic imine (C=N–C) groups is 1. The molecule has 2 N–H and O–H groups in total. The number of hydrogen-bond donors (Lipinski definition) is 1. The lowest BCUT2D eigenvalue weighted by Crippen LogP contribution is -2.32. The van der Waals surface area contributed by atoms with Crippen LogP contribution in [-0.2, 0) is 11.3 Å². The Morgan fingerprint density at radius 2 is 2.05 bits per heavy atom. The van der Waals surface area contributed by atoms with Gasteiger partial charge in [0.2, 0.25) is 0 Å². The molecule has 0 aliphatic carbocycles. The average Bonchev–Trinajstić information content (AvgIpc) is 3.09. The molecule has 1 atom stereocenters. The average molecular weight is 321 g/mol. The van der Waals surface area contributed by atoms with E-state index in [1.54, 1.807) is 17.0 Å². The van der Waals surface area contributed by atoms with Crippen molar-refractivity contribution in [3.8, 4) is 0 Å². The molecule has 6 nitrogen and oxygen atoms in total. The first-order valence-corrected chi connectivity index (χ1v) is 7.73. The van der Waals surface area contributed by atoms with Crippen molar-refractivity contribution in [2.24, 2.45) is 10.7 Å². The van der Waals surface area contributed by atoms with E-state index in [-0.39, 0.29) is 23.9 Å². The van der Waals surface area contributed by atoms with Crippen molar-refractivity contribution in [2.75, 3.05) is 12.4 Å². The summed E-state index contributed by atoms with van der Waals surface area (Å²) in [5.41, 5.74) is 7.16. The van der Waals surface area contributed by atoms with E-state index in [0.717, 1.165) is 18.4 Å². The molecule has 2 heterocycles. The van der Waals surface area contributed by atoms with E-state index in [0.29, 0.717) is 24.6 Å². The zero-order valence-electron chi connectivity index (χ0n) is 12.0. The molecular formula is C15H17ClN4O2. The van der Waals surface area contributed by atoms with Gasteiger partial charge >= 0.3 is 6.03 Å². The third-order valence-corrected chi connectivity index (χ3v) is 4.24. The van der Waals surface area contributed by atoms with Crippen molar-refractivity contribution >= 4 is 35.1 Å². The summed E-state index contributed by atoms with van der Waals surface area (Å²) in [5, 5.41) is 0. The lowest BCUT2D eigenvalue weighted by molar-refractivity contribution is -0.128. The topological polar surface area (TPSA) is 79.0 Å². The van der Waals surface area contributed by atoms with Crippen molar-refractivity contribution in [3.05, 3.63) is 29.8 Å². The number of amidine groups is 1. The first kappa shape index (κ1) is 14.8. The molecule has 1 unspecified atom stereocenters. The predicted octanol–water partition coefficient (Wildman–Crippen LogP) is 1.84. The number of carbonyl (C=O) groups excluding carboxylic acids is 2. The van der Waals surface area contributed by atoms with Crippen molar-refractivity contribution in [2.45, 2.75) is 25.4 Å². The van der Waals surface area contributed by atoms with Gasteiger partial charge < -0.3 is 10.6 Å². The fraction of sp³-hybridized carbons (Fsp3) is 0.400. The van der Waals surface area contributed by atoms with Crippen LogP contribution in [0.4, 0.5) is 10.5 Å². The van der Waals surface area contributed by atoms with Gasteiger partial charge in [0.05, 0.1) is 18.1 Å². The van der Waals surface area contributed by atoms with Crippen LogP contribution in [-0.4, -0.2) is 46.0 Å². The number of halogens is 1. The molecule has 116 valence electrons. The third-order valence-electron chi connectivity index (χ3n) is 3.97. The van der Waals surface area contributed by atoms with E-state index in [1.165, 1.54) is 4.90 Å². The van der Waals surface area contributed by atoms with E-state index in [4.69, 9.17) is 17.3 Å². The van der Waals surface area contributed by atoms with E-state index >= 15 is 0 Å². The Morgan fingerprint density at radius 3 is 2.68 bits per heavy atom. The van der Waals surface area contributed by atoms with Crippen LogP contribution in [0.3, 0.4) is 0 Å². The lowest BCUT2D eigenvalue weighted by Gasteiger charge is -2.15. The summed E-state index contributed by atoms with van der Waals surface area (Å²) in [7, 11) is 0. The Kier molecular flexibility index (Phi) is 4.02. The van der Waals surface area contributed by atoms with Crippen molar-refractivity contribution < 1.29 is 9.59 Å². The zero-order chi connectivity index (χ0) is 15.7. The lowest BCUT2D eigenvalue weighted by atomic mass is 10.1. The summed E-state index contributed by atoms with van der Waals surface area (Å²) in [6.45, 7) is 0.969. The Hall–Kier alpha value is -2.08. The molecule has 7 heteroatoms. The molecule has 1 aromatic rings. The molecule has 2 aliphatic heterocycles. The van der Waals surface area contributed by atoms with Crippen LogP contribution in [0.5, 0.6) is 0 Å². The van der Waals surface area contributed by atoms with Crippen LogP contribution < -0.4 is 5.73 Å². The minimum Gasteiger partial charge on any atom is -0.386 e. The molecule has 3 rings (SSSR count). The van der Waals surface area contributed by atoms with E-state index < -0.39 is 0 Å². The second kappa shape index (κ2) is 5.96. The summed E-state index contributed by atoms with van der Waals surface area (Å²) < 4.78 is 0. The number of benzene rings is 1. The first-order valence-electron chi connectivity index (χ1n) is 7.20. The smallest absolute Gasteiger partial charge is 0.327 e. The summed E-state index contributed by atoms with van der Waals surface area (Å²) >= 11 is 5.58. The highest BCUT2D eigenvalue weighted by atomic mass is 35.5. The second-order valence-corrected chi connectivity index (χ2v) is 5.73. The van der Waals surface area contributed by atoms with E-state index in [1.807, 2.05) is 12.1 Å². The molecule has 0 spiro atoms. The minimum atomic E-state index is -0.250. The number of hydrogen-bond acceptors (Lipinski definition) is 3. The largest absolute Gasteiger partial charge is 0.386 e. The van der Waals surface area contributed by atoms with Gasteiger partial charge in [0.1, 0.15) is 11.9 Å². The van der Waals surface area contributed by atoms with Crippen LogP contribution in [0.1, 0.15) is 18.4 Å². The summed E-state index contributed by atoms with van der Waals surface area (Å²) in [6.07, 6.45) is 1.68. The van der Waals surface area contributed by atoms with Gasteiger partial charge in [-0.1, -0.05) is 12.1 Å². The fourth-order valence-corrected chi connectivity index (χ4v) is 2.94. The Bertz CT molecular complexity index is 607. The number of nitrogens with zero attached hydrogens (tertiary/aromatic N) is 3. The van der Waals surface area contributed by atoms with Gasteiger partial charge in [-0.05, 0) is 30.5 Å². The molecule has 0 radical (unpaired) electrons. The van der Waals surface area contributed by atoms with E-state index in [9.17, 15) is 9.59 Å². The predicted molar refractivity (Wildman–Crippen MR) is 84.1 cm³/mol. The van der Waals surface area contributed by atoms with Gasteiger partial charge in [0.15, 0.2) is 0 Å². The highest BCUT2D eigenvalue weighted by molar-refractivity contribution is 6.28. The molecule has 2 fully saturated rings. The highest BCUT2D eigenvalue weighted by Crippen LogP contribution is 2.28. The van der Waals surface area contributed by atoms with Gasteiger partial charge in [-0.3, -0.25) is 9.69 Å². The number of amides is 3. The molecule has 1 aromatic carbocycles. The van der Waals surface area contributed by atoms with Crippen LogP contribution in [0, 0.1) is 0 Å². The minimum absolute atomic E-state index is 0.0871. The van der Waals surface area contributed by atoms with Gasteiger partial charge in [0.25, 0.3) is 5.91 Å². The molecule has 22 heavy (non-hydrogen) atoms. The maximum atomic E-state index is 12.3. The highest BCUT2D eigenvalue weighted by Gasteiger charge is 2.47. The van der Waals surface area contributed by atoms with Gasteiger partial charge in [-0.15, -0.1) is 11.6 Å². The van der Waals surface area contributed by atoms with Crippen LogP contribution >= 0.6 is 11.6 Å². The number of fused-ring (bicyclic) bond motifs is 1. The first-order chi connectivity index (χ1) is 10.6. The Labute approximate surface area is 133 Å². The van der Waals surface area contributed by atoms with Crippen LogP contribution in [0.2, 0.25) is 0 Å². The van der Waals surface area contributed by atoms with Crippen molar-refractivity contribution in [1.82, 2.24) is 9.80 Å². The number of rotatable bonds is 4. The standard InChI is InChI=1S/C15H17ClN4O2/c16-8-13(17)18-11-5-3-10(4-6-11)9-20-14(21)12-2-1-7-19(12)15(20)22/h3-6,12H,1-2,7-9H2,(H2,17,18). The quantitative estimate of drug-likeness (QED) is 0.398. The number of carbonyl (C=O) groups is 2. The molecule has 0 bridgehead atoms.